The number of rotatable bonds is 37. The summed E-state index contributed by atoms with van der Waals surface area (Å²) in [6.45, 7) is 3.18. The number of hydrogen-bond acceptors (Lipinski definition) is 12. The van der Waals surface area contributed by atoms with Crippen LogP contribution in [0.3, 0.4) is 0 Å². The van der Waals surface area contributed by atoms with Crippen LogP contribution in [0.1, 0.15) is 181 Å². The number of carbonyl (C=O) groups is 2. The first-order valence-electron chi connectivity index (χ1n) is 22.8. The van der Waals surface area contributed by atoms with E-state index in [1.165, 1.54) is 57.8 Å². The third-order valence-corrected chi connectivity index (χ3v) is 11.5. The van der Waals surface area contributed by atoms with Crippen LogP contribution in [-0.2, 0) is 32.7 Å². The second-order valence-corrected chi connectivity index (χ2v) is 17.3. The van der Waals surface area contributed by atoms with Crippen molar-refractivity contribution in [1.82, 2.24) is 0 Å². The van der Waals surface area contributed by atoms with Gasteiger partial charge in [0.25, 0.3) is 0 Å². The predicted molar refractivity (Wildman–Crippen MR) is 230 cm³/mol. The molecule has 14 heteroatoms. The number of phosphoric ester groups is 1. The molecule has 0 amide bonds. The van der Waals surface area contributed by atoms with E-state index >= 15 is 0 Å². The van der Waals surface area contributed by atoms with E-state index in [0.717, 1.165) is 83.5 Å². The molecule has 1 rings (SSSR count). The molecule has 6 N–H and O–H groups in total. The van der Waals surface area contributed by atoms with E-state index in [1.54, 1.807) is 0 Å². The number of aliphatic hydroxyl groups is 5. The van der Waals surface area contributed by atoms with Crippen LogP contribution in [0.2, 0.25) is 0 Å². The highest BCUT2D eigenvalue weighted by Gasteiger charge is 2.51. The highest BCUT2D eigenvalue weighted by atomic mass is 31.2. The summed E-state index contributed by atoms with van der Waals surface area (Å²) in [7, 11) is -5.12. The first-order chi connectivity index (χ1) is 28.4. The van der Waals surface area contributed by atoms with E-state index in [9.17, 15) is 44.6 Å². The van der Waals surface area contributed by atoms with Crippen LogP contribution in [0.4, 0.5) is 0 Å². The van der Waals surface area contributed by atoms with E-state index < -0.39 is 75.7 Å². The number of allylic oxidation sites excluding steroid dienone is 6. The second-order valence-electron chi connectivity index (χ2n) is 15.9. The summed E-state index contributed by atoms with van der Waals surface area (Å²) in [6, 6.07) is 0. The normalized spacial score (nSPS) is 22.6. The lowest BCUT2D eigenvalue weighted by atomic mass is 9.85. The van der Waals surface area contributed by atoms with Gasteiger partial charge in [0.05, 0.1) is 6.61 Å². The van der Waals surface area contributed by atoms with Crippen molar-refractivity contribution in [1.29, 1.82) is 0 Å². The van der Waals surface area contributed by atoms with Gasteiger partial charge in [-0.05, 0) is 44.9 Å². The molecule has 1 saturated carbocycles. The number of carbonyl (C=O) groups excluding carboxylic acids is 2. The van der Waals surface area contributed by atoms with Gasteiger partial charge < -0.3 is 39.9 Å². The fourth-order valence-corrected chi connectivity index (χ4v) is 7.80. The summed E-state index contributed by atoms with van der Waals surface area (Å²) >= 11 is 0. The molecular formula is C45H81O13P. The maximum Gasteiger partial charge on any atom is 0.472 e. The van der Waals surface area contributed by atoms with Crippen LogP contribution in [0.15, 0.2) is 36.5 Å². The van der Waals surface area contributed by atoms with Gasteiger partial charge in [-0.3, -0.25) is 18.6 Å². The summed E-state index contributed by atoms with van der Waals surface area (Å²) < 4.78 is 33.5. The third kappa shape index (κ3) is 28.3. The minimum absolute atomic E-state index is 0.0867. The second kappa shape index (κ2) is 35.6. The molecule has 0 saturated heterocycles. The van der Waals surface area contributed by atoms with E-state index in [4.69, 9.17) is 18.5 Å². The molecule has 6 atom stereocenters. The van der Waals surface area contributed by atoms with Crippen LogP contribution in [0.25, 0.3) is 0 Å². The first kappa shape index (κ1) is 55.1. The summed E-state index contributed by atoms with van der Waals surface area (Å²) in [6.07, 6.45) is 26.3. The lowest BCUT2D eigenvalue weighted by molar-refractivity contribution is -0.220. The Bertz CT molecular complexity index is 1180. The Balaban J connectivity index is 2.47. The maximum absolute atomic E-state index is 12.8. The molecule has 59 heavy (non-hydrogen) atoms. The zero-order valence-electron chi connectivity index (χ0n) is 36.3. The predicted octanol–water partition coefficient (Wildman–Crippen LogP) is 8.61. The van der Waals surface area contributed by atoms with Gasteiger partial charge >= 0.3 is 19.8 Å². The zero-order chi connectivity index (χ0) is 43.6. The Morgan fingerprint density at radius 3 is 1.47 bits per heavy atom. The summed E-state index contributed by atoms with van der Waals surface area (Å²) in [5.74, 6) is -1.11. The Hall–Kier alpha value is -1.93. The number of esters is 2. The molecule has 0 bridgehead atoms. The van der Waals surface area contributed by atoms with Crippen LogP contribution in [-0.4, -0.2) is 98.3 Å². The van der Waals surface area contributed by atoms with Crippen molar-refractivity contribution in [3.8, 4) is 0 Å². The number of phosphoric acid groups is 1. The van der Waals surface area contributed by atoms with E-state index in [1.807, 2.05) is 0 Å². The number of ether oxygens (including phenoxy) is 2. The fourth-order valence-electron chi connectivity index (χ4n) is 6.83. The Morgan fingerprint density at radius 2 is 0.966 bits per heavy atom. The van der Waals surface area contributed by atoms with E-state index in [0.29, 0.717) is 12.8 Å². The molecule has 1 fully saturated rings. The van der Waals surface area contributed by atoms with Crippen molar-refractivity contribution in [2.45, 2.75) is 224 Å². The van der Waals surface area contributed by atoms with Crippen molar-refractivity contribution < 1.29 is 63.1 Å². The highest BCUT2D eigenvalue weighted by molar-refractivity contribution is 7.47. The molecule has 0 aromatic carbocycles. The molecule has 0 aliphatic heterocycles. The standard InChI is InChI=1S/C45H81O13P/c1-3-5-7-9-11-13-15-17-18-19-20-22-24-26-28-30-32-34-39(47)57-37(36-56-59(53,54)58-45-43(51)41(49)40(48)42(50)44(45)52)35-55-38(46)33-31-29-27-25-23-21-16-14-12-10-8-6-4-2/h5,7,11,13,17-18,37,40-45,48-52H,3-4,6,8-10,12,14-16,19-36H2,1-2H3,(H,53,54)/b7-5-,13-11-,18-17-. The number of hydrogen-bond donors (Lipinski definition) is 6. The van der Waals surface area contributed by atoms with E-state index in [2.05, 4.69) is 50.3 Å². The molecule has 0 aromatic rings. The largest absolute Gasteiger partial charge is 0.472 e. The van der Waals surface area contributed by atoms with Crippen molar-refractivity contribution in [3.05, 3.63) is 36.5 Å². The van der Waals surface area contributed by atoms with Crippen molar-refractivity contribution in [2.24, 2.45) is 0 Å². The first-order valence-corrected chi connectivity index (χ1v) is 24.3. The van der Waals surface area contributed by atoms with Gasteiger partial charge in [0.15, 0.2) is 6.10 Å². The number of aliphatic hydroxyl groups excluding tert-OH is 5. The quantitative estimate of drug-likeness (QED) is 0.0150. The maximum atomic E-state index is 12.8. The average Bonchev–Trinajstić information content (AvgIpc) is 3.21. The Kier molecular flexibility index (Phi) is 33.3. The third-order valence-electron chi connectivity index (χ3n) is 10.5. The van der Waals surface area contributed by atoms with Gasteiger partial charge in [-0.15, -0.1) is 0 Å². The van der Waals surface area contributed by atoms with Gasteiger partial charge in [-0.2, -0.15) is 0 Å². The molecular weight excluding hydrogens is 779 g/mol. The van der Waals surface area contributed by atoms with Gasteiger partial charge in [0.1, 0.15) is 43.2 Å². The Morgan fingerprint density at radius 1 is 0.542 bits per heavy atom. The molecule has 0 heterocycles. The SMILES string of the molecule is CC/C=C\C/C=C\C/C=C\CCCCCCCCCC(=O)OC(COC(=O)CCCCCCCCCCCCCCC)COP(=O)(O)OC1C(O)C(O)C(O)C(O)C1O. The summed E-state index contributed by atoms with van der Waals surface area (Å²) in [4.78, 5) is 35.7. The molecule has 0 radical (unpaired) electrons. The highest BCUT2D eigenvalue weighted by Crippen LogP contribution is 2.47. The van der Waals surface area contributed by atoms with Crippen LogP contribution < -0.4 is 0 Å². The fraction of sp³-hybridized carbons (Fsp3) is 0.822. The minimum Gasteiger partial charge on any atom is -0.462 e. The molecule has 6 unspecified atom stereocenters. The molecule has 0 spiro atoms. The Labute approximate surface area is 355 Å². The van der Waals surface area contributed by atoms with Crippen molar-refractivity contribution in [3.63, 3.8) is 0 Å². The number of unbranched alkanes of at least 4 members (excludes halogenated alkanes) is 19. The average molecular weight is 861 g/mol. The monoisotopic (exact) mass is 861 g/mol. The minimum atomic E-state index is -5.12. The van der Waals surface area contributed by atoms with Crippen LogP contribution in [0, 0.1) is 0 Å². The van der Waals surface area contributed by atoms with Crippen molar-refractivity contribution >= 4 is 19.8 Å². The molecule has 1 aliphatic rings. The van der Waals surface area contributed by atoms with Gasteiger partial charge in [0.2, 0.25) is 0 Å². The zero-order valence-corrected chi connectivity index (χ0v) is 37.2. The topological polar surface area (TPSA) is 210 Å². The summed E-state index contributed by atoms with van der Waals surface area (Å²) in [5.41, 5.74) is 0. The van der Waals surface area contributed by atoms with E-state index in [-0.39, 0.29) is 12.8 Å². The van der Waals surface area contributed by atoms with Gasteiger partial charge in [-0.1, -0.05) is 159 Å². The molecule has 344 valence electrons. The molecule has 1 aliphatic carbocycles. The lowest BCUT2D eigenvalue weighted by Crippen LogP contribution is -2.64. The van der Waals surface area contributed by atoms with Gasteiger partial charge in [0, 0.05) is 12.8 Å². The van der Waals surface area contributed by atoms with Crippen LogP contribution >= 0.6 is 7.82 Å². The molecule has 0 aromatic heterocycles. The summed E-state index contributed by atoms with van der Waals surface area (Å²) in [5, 5.41) is 50.1. The molecule has 13 nitrogen and oxygen atoms in total. The van der Waals surface area contributed by atoms with Crippen LogP contribution in [0.5, 0.6) is 0 Å². The smallest absolute Gasteiger partial charge is 0.462 e. The van der Waals surface area contributed by atoms with Gasteiger partial charge in [-0.25, -0.2) is 4.57 Å². The lowest BCUT2D eigenvalue weighted by Gasteiger charge is -2.41. The van der Waals surface area contributed by atoms with Crippen molar-refractivity contribution in [2.75, 3.05) is 13.2 Å².